The van der Waals surface area contributed by atoms with Crippen LogP contribution in [0.15, 0.2) is 12.1 Å². The fourth-order valence-corrected chi connectivity index (χ4v) is 2.55. The molecule has 1 aliphatic rings. The second-order valence-electron chi connectivity index (χ2n) is 6.95. The van der Waals surface area contributed by atoms with Crippen molar-refractivity contribution in [3.63, 3.8) is 0 Å². The SMILES string of the molecule is Cc1ccc(C(N)=O)n1NC(=O)C1CCN(C(=O)OC(C)(C)C)C1. The second kappa shape index (κ2) is 6.54. The molecule has 1 aliphatic heterocycles. The summed E-state index contributed by atoms with van der Waals surface area (Å²) in [7, 11) is 0. The standard InChI is InChI=1S/C16H24N4O4/c1-10-5-6-12(13(17)21)20(10)18-14(22)11-7-8-19(9-11)15(23)24-16(2,3)4/h5-6,11H,7-9H2,1-4H3,(H2,17,21)(H,18,22). The van der Waals surface area contributed by atoms with E-state index in [1.807, 2.05) is 0 Å². The molecule has 0 bridgehead atoms. The highest BCUT2D eigenvalue weighted by molar-refractivity contribution is 5.93. The van der Waals surface area contributed by atoms with Crippen LogP contribution < -0.4 is 11.2 Å². The highest BCUT2D eigenvalue weighted by Gasteiger charge is 2.33. The lowest BCUT2D eigenvalue weighted by Gasteiger charge is -2.24. The number of hydrogen-bond donors (Lipinski definition) is 2. The van der Waals surface area contributed by atoms with Gasteiger partial charge in [0.2, 0.25) is 5.91 Å². The second-order valence-corrected chi connectivity index (χ2v) is 6.95. The average molecular weight is 336 g/mol. The summed E-state index contributed by atoms with van der Waals surface area (Å²) in [5.74, 6) is -1.24. The van der Waals surface area contributed by atoms with Crippen LogP contribution in [0.2, 0.25) is 0 Å². The molecule has 0 aliphatic carbocycles. The molecule has 2 rings (SSSR count). The van der Waals surface area contributed by atoms with Crippen LogP contribution >= 0.6 is 0 Å². The number of aromatic nitrogens is 1. The van der Waals surface area contributed by atoms with Gasteiger partial charge in [-0.3, -0.25) is 19.7 Å². The average Bonchev–Trinajstić information content (AvgIpc) is 3.05. The minimum atomic E-state index is -0.620. The number of rotatable bonds is 3. The van der Waals surface area contributed by atoms with Crippen LogP contribution in [0, 0.1) is 12.8 Å². The van der Waals surface area contributed by atoms with E-state index >= 15 is 0 Å². The van der Waals surface area contributed by atoms with Gasteiger partial charge in [-0.2, -0.15) is 0 Å². The third-order valence-electron chi connectivity index (χ3n) is 3.76. The Morgan fingerprint density at radius 1 is 1.29 bits per heavy atom. The summed E-state index contributed by atoms with van der Waals surface area (Å²) in [6.45, 7) is 7.89. The molecule has 0 spiro atoms. The van der Waals surface area contributed by atoms with Crippen molar-refractivity contribution in [2.75, 3.05) is 18.5 Å². The molecule has 0 saturated carbocycles. The van der Waals surface area contributed by atoms with E-state index in [4.69, 9.17) is 10.5 Å². The van der Waals surface area contributed by atoms with Crippen LogP contribution in [0.3, 0.4) is 0 Å². The Hall–Kier alpha value is -2.51. The molecule has 1 unspecified atom stereocenters. The lowest BCUT2D eigenvalue weighted by molar-refractivity contribution is -0.120. The van der Waals surface area contributed by atoms with Gasteiger partial charge in [0.25, 0.3) is 5.91 Å². The number of likely N-dealkylation sites (tertiary alicyclic amines) is 1. The zero-order valence-electron chi connectivity index (χ0n) is 14.5. The minimum absolute atomic E-state index is 0.211. The third-order valence-corrected chi connectivity index (χ3v) is 3.76. The smallest absolute Gasteiger partial charge is 0.410 e. The zero-order valence-corrected chi connectivity index (χ0v) is 14.5. The number of aryl methyl sites for hydroxylation is 1. The predicted molar refractivity (Wildman–Crippen MR) is 88.0 cm³/mol. The maximum Gasteiger partial charge on any atom is 0.410 e. The molecule has 0 radical (unpaired) electrons. The Morgan fingerprint density at radius 2 is 1.96 bits per heavy atom. The van der Waals surface area contributed by atoms with E-state index in [2.05, 4.69) is 5.43 Å². The Morgan fingerprint density at radius 3 is 2.54 bits per heavy atom. The molecule has 1 fully saturated rings. The lowest BCUT2D eigenvalue weighted by atomic mass is 10.1. The van der Waals surface area contributed by atoms with Crippen LogP contribution in [0.5, 0.6) is 0 Å². The first-order chi connectivity index (χ1) is 11.1. The van der Waals surface area contributed by atoms with Crippen LogP contribution in [0.25, 0.3) is 0 Å². The molecule has 1 aromatic heterocycles. The van der Waals surface area contributed by atoms with Crippen molar-refractivity contribution in [3.05, 3.63) is 23.5 Å². The number of carbonyl (C=O) groups excluding carboxylic acids is 3. The number of nitrogens with zero attached hydrogens (tertiary/aromatic N) is 2. The van der Waals surface area contributed by atoms with Crippen molar-refractivity contribution < 1.29 is 19.1 Å². The molecule has 8 nitrogen and oxygen atoms in total. The summed E-state index contributed by atoms with van der Waals surface area (Å²) in [5, 5.41) is 0. The number of amides is 3. The molecule has 1 saturated heterocycles. The number of primary amides is 1. The number of ether oxygens (including phenoxy) is 1. The zero-order chi connectivity index (χ0) is 18.1. The molecule has 8 heteroatoms. The number of carbonyl (C=O) groups is 3. The summed E-state index contributed by atoms with van der Waals surface area (Å²) < 4.78 is 6.69. The predicted octanol–water partition coefficient (Wildman–Crippen LogP) is 1.22. The van der Waals surface area contributed by atoms with Crippen molar-refractivity contribution in [2.45, 2.75) is 39.7 Å². The van der Waals surface area contributed by atoms with Gasteiger partial charge < -0.3 is 15.4 Å². The van der Waals surface area contributed by atoms with Crippen LogP contribution in [0.1, 0.15) is 43.4 Å². The van der Waals surface area contributed by atoms with E-state index in [9.17, 15) is 14.4 Å². The van der Waals surface area contributed by atoms with E-state index in [0.717, 1.165) is 0 Å². The Bertz CT molecular complexity index is 660. The van der Waals surface area contributed by atoms with Gasteiger partial charge in [-0.25, -0.2) is 4.79 Å². The molecule has 1 atom stereocenters. The fourth-order valence-electron chi connectivity index (χ4n) is 2.55. The molecule has 24 heavy (non-hydrogen) atoms. The minimum Gasteiger partial charge on any atom is -0.444 e. The van der Waals surface area contributed by atoms with E-state index in [0.29, 0.717) is 18.7 Å². The van der Waals surface area contributed by atoms with Gasteiger partial charge in [0.05, 0.1) is 5.92 Å². The van der Waals surface area contributed by atoms with E-state index in [1.54, 1.807) is 39.8 Å². The molecular weight excluding hydrogens is 312 g/mol. The van der Waals surface area contributed by atoms with Crippen molar-refractivity contribution in [1.82, 2.24) is 9.58 Å². The molecule has 3 amide bonds. The highest BCUT2D eigenvalue weighted by atomic mass is 16.6. The molecule has 0 aromatic carbocycles. The molecule has 1 aromatic rings. The normalized spacial score (nSPS) is 17.7. The van der Waals surface area contributed by atoms with Crippen molar-refractivity contribution in [1.29, 1.82) is 0 Å². The van der Waals surface area contributed by atoms with Crippen molar-refractivity contribution in [3.8, 4) is 0 Å². The Labute approximate surface area is 140 Å². The quantitative estimate of drug-likeness (QED) is 0.865. The third kappa shape index (κ3) is 4.06. The highest BCUT2D eigenvalue weighted by Crippen LogP contribution is 2.20. The molecular formula is C16H24N4O4. The van der Waals surface area contributed by atoms with Gasteiger partial charge in [-0.05, 0) is 46.2 Å². The molecule has 132 valence electrons. The van der Waals surface area contributed by atoms with Crippen LogP contribution in [-0.4, -0.2) is 46.2 Å². The number of nitrogens with one attached hydrogen (secondary N) is 1. The first kappa shape index (κ1) is 17.8. The topological polar surface area (TPSA) is 107 Å². The fraction of sp³-hybridized carbons (Fsp3) is 0.562. The maximum absolute atomic E-state index is 12.4. The summed E-state index contributed by atoms with van der Waals surface area (Å²) in [5.41, 5.74) is 8.32. The van der Waals surface area contributed by atoms with Gasteiger partial charge >= 0.3 is 6.09 Å². The van der Waals surface area contributed by atoms with Gasteiger partial charge in [0.1, 0.15) is 11.3 Å². The van der Waals surface area contributed by atoms with Gasteiger partial charge in [0.15, 0.2) is 0 Å². The van der Waals surface area contributed by atoms with E-state index in [-0.39, 0.29) is 24.1 Å². The van der Waals surface area contributed by atoms with Gasteiger partial charge in [-0.1, -0.05) is 0 Å². The first-order valence-electron chi connectivity index (χ1n) is 7.85. The van der Waals surface area contributed by atoms with Crippen LogP contribution in [-0.2, 0) is 9.53 Å². The van der Waals surface area contributed by atoms with Gasteiger partial charge in [0, 0.05) is 18.8 Å². The monoisotopic (exact) mass is 336 g/mol. The van der Waals surface area contributed by atoms with Crippen molar-refractivity contribution in [2.24, 2.45) is 11.7 Å². The Balaban J connectivity index is 1.99. The summed E-state index contributed by atoms with van der Waals surface area (Å²) in [6.07, 6.45) is 0.116. The summed E-state index contributed by atoms with van der Waals surface area (Å²) >= 11 is 0. The largest absolute Gasteiger partial charge is 0.444 e. The van der Waals surface area contributed by atoms with E-state index in [1.165, 1.54) is 9.58 Å². The van der Waals surface area contributed by atoms with Crippen LogP contribution in [0.4, 0.5) is 4.79 Å². The Kier molecular flexibility index (Phi) is 4.86. The summed E-state index contributed by atoms with van der Waals surface area (Å²) in [4.78, 5) is 37.4. The molecule has 2 heterocycles. The summed E-state index contributed by atoms with van der Waals surface area (Å²) in [6, 6.07) is 3.25. The maximum atomic E-state index is 12.4. The van der Waals surface area contributed by atoms with Gasteiger partial charge in [-0.15, -0.1) is 0 Å². The number of nitrogens with two attached hydrogens (primary N) is 1. The molecule has 3 N–H and O–H groups in total. The van der Waals surface area contributed by atoms with Crippen molar-refractivity contribution >= 4 is 17.9 Å². The first-order valence-corrected chi connectivity index (χ1v) is 7.85. The van der Waals surface area contributed by atoms with E-state index < -0.39 is 17.6 Å². The lowest BCUT2D eigenvalue weighted by Crippen LogP contribution is -2.37. The number of hydrogen-bond acceptors (Lipinski definition) is 4.